The number of nitrogens with one attached hydrogen (secondary N) is 2. The van der Waals surface area contributed by atoms with E-state index in [2.05, 4.69) is 20.3 Å². The molecule has 0 unspecified atom stereocenters. The molecule has 0 saturated heterocycles. The van der Waals surface area contributed by atoms with Crippen LogP contribution in [0.25, 0.3) is 0 Å². The molecule has 82 valence electrons. The third kappa shape index (κ3) is 3.77. The van der Waals surface area contributed by atoms with Gasteiger partial charge in [-0.1, -0.05) is 0 Å². The molecule has 0 aliphatic carbocycles. The smallest absolute Gasteiger partial charge is 0.329 e. The van der Waals surface area contributed by atoms with Crippen molar-refractivity contribution in [3.05, 3.63) is 11.8 Å². The first-order chi connectivity index (χ1) is 7.09. The zero-order valence-electron chi connectivity index (χ0n) is 8.11. The van der Waals surface area contributed by atoms with Gasteiger partial charge < -0.3 is 15.2 Å². The highest BCUT2D eigenvalue weighted by molar-refractivity contribution is 5.91. The molecular weight excluding hydrogens is 202 g/mol. The predicted octanol–water partition coefficient (Wildman–Crippen LogP) is -0.242. The fraction of sp³-hybridized carbons (Fsp3) is 0.375. The van der Waals surface area contributed by atoms with Gasteiger partial charge in [0.25, 0.3) is 5.91 Å². The number of hydrogen-bond donors (Lipinski definition) is 3. The number of carbonyl (C=O) groups excluding carboxylic acids is 1. The van der Waals surface area contributed by atoms with E-state index in [0.717, 1.165) is 5.56 Å². The molecular formula is C8H11N3O4. The van der Waals surface area contributed by atoms with Crippen LogP contribution in [0.1, 0.15) is 5.56 Å². The fourth-order valence-corrected chi connectivity index (χ4v) is 0.879. The lowest BCUT2D eigenvalue weighted by atomic mass is 10.4. The average Bonchev–Trinajstić information content (AvgIpc) is 2.51. The number of rotatable bonds is 5. The Morgan fingerprint density at radius 3 is 2.87 bits per heavy atom. The Morgan fingerprint density at radius 2 is 2.33 bits per heavy atom. The van der Waals surface area contributed by atoms with Gasteiger partial charge in [-0.05, 0) is 6.92 Å². The molecule has 1 rings (SSSR count). The molecule has 1 heterocycles. The molecule has 0 aromatic carbocycles. The molecule has 0 saturated carbocycles. The van der Waals surface area contributed by atoms with E-state index in [1.54, 1.807) is 13.1 Å². The minimum Gasteiger partial charge on any atom is -0.480 e. The van der Waals surface area contributed by atoms with Gasteiger partial charge in [0.2, 0.25) is 0 Å². The zero-order valence-corrected chi connectivity index (χ0v) is 8.11. The first-order valence-electron chi connectivity index (χ1n) is 4.19. The molecule has 1 aromatic heterocycles. The Morgan fingerprint density at radius 1 is 1.60 bits per heavy atom. The second-order valence-corrected chi connectivity index (χ2v) is 2.86. The quantitative estimate of drug-likeness (QED) is 0.626. The Bertz CT molecular complexity index is 361. The lowest BCUT2D eigenvalue weighted by Gasteiger charge is -2.03. The molecule has 1 aromatic rings. The summed E-state index contributed by atoms with van der Waals surface area (Å²) in [5.41, 5.74) is 0.793. The summed E-state index contributed by atoms with van der Waals surface area (Å²) in [6.07, 6.45) is 1.56. The maximum absolute atomic E-state index is 11.2. The van der Waals surface area contributed by atoms with Gasteiger partial charge in [0, 0.05) is 5.56 Å². The maximum atomic E-state index is 11.2. The van der Waals surface area contributed by atoms with Crippen LogP contribution in [0, 0.1) is 6.92 Å². The van der Waals surface area contributed by atoms with Gasteiger partial charge in [0.1, 0.15) is 19.0 Å². The summed E-state index contributed by atoms with van der Waals surface area (Å²) in [5, 5.41) is 17.0. The molecule has 7 nitrogen and oxygen atoms in total. The monoisotopic (exact) mass is 213 g/mol. The maximum Gasteiger partial charge on any atom is 0.329 e. The van der Waals surface area contributed by atoms with Crippen LogP contribution in [0.5, 0.6) is 0 Å². The number of anilines is 1. The van der Waals surface area contributed by atoms with E-state index in [0.29, 0.717) is 5.82 Å². The molecule has 0 aliphatic rings. The summed E-state index contributed by atoms with van der Waals surface area (Å²) in [6, 6.07) is 0. The number of H-pyrrole nitrogens is 1. The van der Waals surface area contributed by atoms with Gasteiger partial charge in [-0.25, -0.2) is 4.79 Å². The highest BCUT2D eigenvalue weighted by Gasteiger charge is 2.06. The minimum absolute atomic E-state index is 0.301. The minimum atomic E-state index is -1.11. The van der Waals surface area contributed by atoms with Gasteiger partial charge in [0.05, 0.1) is 6.20 Å². The van der Waals surface area contributed by atoms with E-state index in [-0.39, 0.29) is 6.61 Å². The predicted molar refractivity (Wildman–Crippen MR) is 50.4 cm³/mol. The number of carbonyl (C=O) groups is 2. The van der Waals surface area contributed by atoms with E-state index >= 15 is 0 Å². The van der Waals surface area contributed by atoms with Crippen molar-refractivity contribution in [3.63, 3.8) is 0 Å². The van der Waals surface area contributed by atoms with Gasteiger partial charge in [-0.15, -0.1) is 0 Å². The first-order valence-corrected chi connectivity index (χ1v) is 4.19. The third-order valence-corrected chi connectivity index (χ3v) is 1.55. The van der Waals surface area contributed by atoms with Crippen molar-refractivity contribution in [2.75, 3.05) is 18.5 Å². The topological polar surface area (TPSA) is 104 Å². The van der Waals surface area contributed by atoms with Crippen LogP contribution >= 0.6 is 0 Å². The number of nitrogens with zero attached hydrogens (tertiary/aromatic N) is 1. The molecule has 0 atom stereocenters. The zero-order chi connectivity index (χ0) is 11.3. The van der Waals surface area contributed by atoms with Crippen molar-refractivity contribution in [2.45, 2.75) is 6.92 Å². The van der Waals surface area contributed by atoms with Crippen LogP contribution in [0.2, 0.25) is 0 Å². The molecule has 1 amide bonds. The molecule has 7 heteroatoms. The van der Waals surface area contributed by atoms with Crippen molar-refractivity contribution in [1.29, 1.82) is 0 Å². The van der Waals surface area contributed by atoms with E-state index in [1.807, 2.05) is 0 Å². The normalized spacial score (nSPS) is 9.93. The molecule has 15 heavy (non-hydrogen) atoms. The summed E-state index contributed by atoms with van der Waals surface area (Å²) in [6.45, 7) is 0.983. The van der Waals surface area contributed by atoms with Crippen LogP contribution in [0.4, 0.5) is 5.82 Å². The number of carboxylic acids is 1. The van der Waals surface area contributed by atoms with Crippen LogP contribution in [0.15, 0.2) is 6.20 Å². The summed E-state index contributed by atoms with van der Waals surface area (Å²) in [4.78, 5) is 21.2. The highest BCUT2D eigenvalue weighted by Crippen LogP contribution is 2.07. The molecule has 3 N–H and O–H groups in total. The molecule has 0 fully saturated rings. The summed E-state index contributed by atoms with van der Waals surface area (Å²) in [7, 11) is 0. The Kier molecular flexibility index (Phi) is 3.81. The number of hydrogen-bond acceptors (Lipinski definition) is 4. The van der Waals surface area contributed by atoms with E-state index in [1.165, 1.54) is 0 Å². The Balaban J connectivity index is 2.31. The van der Waals surface area contributed by atoms with Crippen molar-refractivity contribution in [1.82, 2.24) is 10.2 Å². The van der Waals surface area contributed by atoms with Crippen molar-refractivity contribution in [2.24, 2.45) is 0 Å². The van der Waals surface area contributed by atoms with E-state index in [4.69, 9.17) is 5.11 Å². The van der Waals surface area contributed by atoms with Gasteiger partial charge in [-0.2, -0.15) is 5.10 Å². The summed E-state index contributed by atoms with van der Waals surface area (Å²) < 4.78 is 4.60. The Hall–Kier alpha value is -1.89. The van der Waals surface area contributed by atoms with Crippen LogP contribution < -0.4 is 5.32 Å². The number of amides is 1. The van der Waals surface area contributed by atoms with Crippen molar-refractivity contribution < 1.29 is 19.4 Å². The Labute approximate surface area is 85.4 Å². The first kappa shape index (κ1) is 11.2. The number of aryl methyl sites for hydroxylation is 1. The average molecular weight is 213 g/mol. The molecule has 0 spiro atoms. The van der Waals surface area contributed by atoms with E-state index in [9.17, 15) is 9.59 Å². The fourth-order valence-electron chi connectivity index (χ4n) is 0.879. The standard InChI is InChI=1S/C8H11N3O4/c1-5-2-9-11-8(5)10-6(12)3-15-4-7(13)14/h2H,3-4H2,1H3,(H,13,14)(H2,9,10,11,12). The number of aromatic nitrogens is 2. The van der Waals surface area contributed by atoms with Gasteiger partial charge >= 0.3 is 5.97 Å². The second kappa shape index (κ2) is 5.11. The largest absolute Gasteiger partial charge is 0.480 e. The molecule has 0 bridgehead atoms. The molecule has 0 aliphatic heterocycles. The number of aromatic amines is 1. The number of aliphatic carboxylic acids is 1. The molecule has 0 radical (unpaired) electrons. The SMILES string of the molecule is Cc1cn[nH]c1NC(=O)COCC(=O)O. The van der Waals surface area contributed by atoms with Crippen molar-refractivity contribution in [3.8, 4) is 0 Å². The number of ether oxygens (including phenoxy) is 1. The lowest BCUT2D eigenvalue weighted by molar-refractivity contribution is -0.143. The third-order valence-electron chi connectivity index (χ3n) is 1.55. The van der Waals surface area contributed by atoms with Crippen LogP contribution in [-0.2, 0) is 14.3 Å². The second-order valence-electron chi connectivity index (χ2n) is 2.86. The van der Waals surface area contributed by atoms with Crippen LogP contribution in [0.3, 0.4) is 0 Å². The van der Waals surface area contributed by atoms with E-state index < -0.39 is 18.5 Å². The summed E-state index contributed by atoms with van der Waals surface area (Å²) >= 11 is 0. The lowest BCUT2D eigenvalue weighted by Crippen LogP contribution is -2.21. The van der Waals surface area contributed by atoms with Crippen molar-refractivity contribution >= 4 is 17.7 Å². The van der Waals surface area contributed by atoms with Crippen LogP contribution in [-0.4, -0.2) is 40.4 Å². The van der Waals surface area contributed by atoms with Gasteiger partial charge in [-0.3, -0.25) is 9.89 Å². The van der Waals surface area contributed by atoms with Gasteiger partial charge in [0.15, 0.2) is 0 Å². The highest BCUT2D eigenvalue weighted by atomic mass is 16.5. The number of carboxylic acid groups (broad SMARTS) is 1. The summed E-state index contributed by atoms with van der Waals surface area (Å²) in [5.74, 6) is -1.05.